The Morgan fingerprint density at radius 1 is 1.20 bits per heavy atom. The maximum atomic E-state index is 11.3. The van der Waals surface area contributed by atoms with Gasteiger partial charge in [-0.25, -0.2) is 0 Å². The van der Waals surface area contributed by atoms with E-state index in [1.54, 1.807) is 0 Å². The number of aliphatic carboxylic acids is 1. The van der Waals surface area contributed by atoms with Crippen LogP contribution in [-0.2, 0) is 9.59 Å². The first-order valence-corrected chi connectivity index (χ1v) is 5.36. The molecule has 2 N–H and O–H groups in total. The number of carbonyl (C=O) groups is 2. The number of carboxylic acids is 1. The van der Waals surface area contributed by atoms with Crippen molar-refractivity contribution >= 4 is 11.8 Å². The van der Waals surface area contributed by atoms with Crippen LogP contribution in [0.1, 0.15) is 40.5 Å². The van der Waals surface area contributed by atoms with E-state index in [1.165, 1.54) is 0 Å². The molecule has 0 aromatic carbocycles. The molecule has 0 aromatic rings. The predicted octanol–water partition coefficient (Wildman–Crippen LogP) is 1.44. The molecule has 0 heterocycles. The number of rotatable bonds is 7. The molecule has 88 valence electrons. The first-order valence-electron chi connectivity index (χ1n) is 5.36. The Morgan fingerprint density at radius 3 is 2.07 bits per heavy atom. The lowest BCUT2D eigenvalue weighted by Crippen LogP contribution is -2.41. The molecule has 0 aromatic heterocycles. The summed E-state index contributed by atoms with van der Waals surface area (Å²) in [5.41, 5.74) is 0. The minimum atomic E-state index is -0.889. The van der Waals surface area contributed by atoms with Crippen molar-refractivity contribution in [3.8, 4) is 0 Å². The average molecular weight is 215 g/mol. The van der Waals surface area contributed by atoms with Crippen LogP contribution in [0.15, 0.2) is 0 Å². The molecule has 0 aliphatic carbocycles. The van der Waals surface area contributed by atoms with Gasteiger partial charge >= 0.3 is 5.97 Å². The van der Waals surface area contributed by atoms with Crippen LogP contribution in [0, 0.1) is 5.92 Å². The van der Waals surface area contributed by atoms with Crippen molar-refractivity contribution in [3.63, 3.8) is 0 Å². The second-order valence-electron chi connectivity index (χ2n) is 4.37. The lowest BCUT2D eigenvalue weighted by molar-refractivity contribution is -0.140. The van der Waals surface area contributed by atoms with Gasteiger partial charge in [0.15, 0.2) is 0 Å². The number of nitrogens with one attached hydrogen (secondary N) is 1. The van der Waals surface area contributed by atoms with E-state index in [0.717, 1.165) is 0 Å². The van der Waals surface area contributed by atoms with E-state index in [-0.39, 0.29) is 17.7 Å². The third-order valence-electron chi connectivity index (χ3n) is 2.16. The molecule has 0 saturated carbocycles. The Morgan fingerprint density at radius 2 is 1.73 bits per heavy atom. The van der Waals surface area contributed by atoms with Gasteiger partial charge in [0.2, 0.25) is 0 Å². The lowest BCUT2D eigenvalue weighted by atomic mass is 10.0. The van der Waals surface area contributed by atoms with Gasteiger partial charge in [0, 0.05) is 18.4 Å². The van der Waals surface area contributed by atoms with Crippen molar-refractivity contribution < 1.29 is 14.7 Å². The fraction of sp³-hybridized carbons (Fsp3) is 0.818. The van der Waals surface area contributed by atoms with E-state index in [1.807, 2.05) is 27.7 Å². The van der Waals surface area contributed by atoms with Crippen LogP contribution in [-0.4, -0.2) is 28.9 Å². The number of hydrogen-bond acceptors (Lipinski definition) is 3. The molecule has 0 bridgehead atoms. The van der Waals surface area contributed by atoms with E-state index < -0.39 is 12.0 Å². The number of ketones is 1. The highest BCUT2D eigenvalue weighted by molar-refractivity contribution is 5.81. The predicted molar refractivity (Wildman–Crippen MR) is 58.8 cm³/mol. The molecule has 4 heteroatoms. The third-order valence-corrected chi connectivity index (χ3v) is 2.16. The lowest BCUT2D eigenvalue weighted by Gasteiger charge is -2.17. The Balaban J connectivity index is 4.07. The van der Waals surface area contributed by atoms with E-state index in [0.29, 0.717) is 12.8 Å². The highest BCUT2D eigenvalue weighted by atomic mass is 16.4. The molecule has 0 aliphatic rings. The first-order chi connectivity index (χ1) is 6.84. The standard InChI is InChI=1S/C11H21NO3/c1-7(2)10(13)6-5-9(11(14)15)12-8(3)4/h7-9,12H,5-6H2,1-4H3,(H,14,15)/t9-/m0/s1. The molecule has 0 unspecified atom stereocenters. The van der Waals surface area contributed by atoms with Gasteiger partial charge in [-0.2, -0.15) is 0 Å². The molecule has 0 fully saturated rings. The molecular formula is C11H21NO3. The zero-order valence-electron chi connectivity index (χ0n) is 9.91. The Labute approximate surface area is 91.1 Å². The molecule has 0 aliphatic heterocycles. The molecule has 4 nitrogen and oxygen atoms in total. The van der Waals surface area contributed by atoms with Crippen LogP contribution in [0.5, 0.6) is 0 Å². The normalized spacial score (nSPS) is 13.2. The quantitative estimate of drug-likeness (QED) is 0.674. The van der Waals surface area contributed by atoms with Crippen molar-refractivity contribution in [3.05, 3.63) is 0 Å². The molecular weight excluding hydrogens is 194 g/mol. The van der Waals surface area contributed by atoms with Crippen molar-refractivity contribution in [2.24, 2.45) is 5.92 Å². The average Bonchev–Trinajstić information content (AvgIpc) is 2.10. The Kier molecular flexibility index (Phi) is 6.17. The van der Waals surface area contributed by atoms with Gasteiger partial charge in [-0.05, 0) is 6.42 Å². The summed E-state index contributed by atoms with van der Waals surface area (Å²) in [4.78, 5) is 22.2. The van der Waals surface area contributed by atoms with Gasteiger partial charge in [0.25, 0.3) is 0 Å². The van der Waals surface area contributed by atoms with Crippen LogP contribution >= 0.6 is 0 Å². The van der Waals surface area contributed by atoms with Gasteiger partial charge in [-0.3, -0.25) is 9.59 Å². The number of carbonyl (C=O) groups excluding carboxylic acids is 1. The molecule has 1 atom stereocenters. The van der Waals surface area contributed by atoms with E-state index in [2.05, 4.69) is 5.32 Å². The highest BCUT2D eigenvalue weighted by Gasteiger charge is 2.19. The zero-order chi connectivity index (χ0) is 12.0. The van der Waals surface area contributed by atoms with Crippen LogP contribution in [0.2, 0.25) is 0 Å². The van der Waals surface area contributed by atoms with Gasteiger partial charge in [-0.1, -0.05) is 27.7 Å². The number of carboxylic acid groups (broad SMARTS) is 1. The SMILES string of the molecule is CC(C)N[C@@H](CCC(=O)C(C)C)C(=O)O. The summed E-state index contributed by atoms with van der Waals surface area (Å²) < 4.78 is 0. The summed E-state index contributed by atoms with van der Waals surface area (Å²) in [7, 11) is 0. The van der Waals surface area contributed by atoms with Gasteiger partial charge in [0.05, 0.1) is 0 Å². The third kappa shape index (κ3) is 6.23. The van der Waals surface area contributed by atoms with Crippen molar-refractivity contribution in [1.29, 1.82) is 0 Å². The minimum absolute atomic E-state index is 0.0153. The largest absolute Gasteiger partial charge is 0.480 e. The fourth-order valence-corrected chi connectivity index (χ4v) is 1.26. The smallest absolute Gasteiger partial charge is 0.320 e. The highest BCUT2D eigenvalue weighted by Crippen LogP contribution is 2.05. The number of Topliss-reactive ketones (excluding diaryl/α,β-unsaturated/α-hetero) is 1. The van der Waals surface area contributed by atoms with E-state index in [4.69, 9.17) is 5.11 Å². The summed E-state index contributed by atoms with van der Waals surface area (Å²) >= 11 is 0. The summed E-state index contributed by atoms with van der Waals surface area (Å²) in [5.74, 6) is -0.787. The molecule has 0 saturated heterocycles. The number of hydrogen-bond donors (Lipinski definition) is 2. The summed E-state index contributed by atoms with van der Waals surface area (Å²) in [5, 5.41) is 11.8. The van der Waals surface area contributed by atoms with Gasteiger partial charge in [0.1, 0.15) is 11.8 Å². The maximum absolute atomic E-state index is 11.3. The molecule has 0 rings (SSSR count). The Bertz CT molecular complexity index is 224. The van der Waals surface area contributed by atoms with E-state index >= 15 is 0 Å². The maximum Gasteiger partial charge on any atom is 0.320 e. The minimum Gasteiger partial charge on any atom is -0.480 e. The summed E-state index contributed by atoms with van der Waals surface area (Å²) in [6.07, 6.45) is 0.693. The monoisotopic (exact) mass is 215 g/mol. The van der Waals surface area contributed by atoms with E-state index in [9.17, 15) is 9.59 Å². The molecule has 0 spiro atoms. The van der Waals surface area contributed by atoms with Crippen LogP contribution in [0.25, 0.3) is 0 Å². The van der Waals surface area contributed by atoms with Crippen molar-refractivity contribution in [1.82, 2.24) is 5.32 Å². The molecule has 0 radical (unpaired) electrons. The van der Waals surface area contributed by atoms with Gasteiger partial charge in [-0.15, -0.1) is 0 Å². The fourth-order valence-electron chi connectivity index (χ4n) is 1.26. The molecule has 0 amide bonds. The van der Waals surface area contributed by atoms with Crippen LogP contribution in [0.4, 0.5) is 0 Å². The summed E-state index contributed by atoms with van der Waals surface area (Å²) in [6.45, 7) is 7.43. The first kappa shape index (κ1) is 14.1. The van der Waals surface area contributed by atoms with Crippen molar-refractivity contribution in [2.45, 2.75) is 52.6 Å². The van der Waals surface area contributed by atoms with Crippen LogP contribution < -0.4 is 5.32 Å². The second kappa shape index (κ2) is 6.56. The Hall–Kier alpha value is -0.900. The summed E-state index contributed by atoms with van der Waals surface area (Å²) in [6, 6.07) is -0.507. The second-order valence-corrected chi connectivity index (χ2v) is 4.37. The van der Waals surface area contributed by atoms with Gasteiger partial charge < -0.3 is 10.4 Å². The zero-order valence-corrected chi connectivity index (χ0v) is 9.91. The topological polar surface area (TPSA) is 66.4 Å². The van der Waals surface area contributed by atoms with Crippen molar-refractivity contribution in [2.75, 3.05) is 0 Å². The molecule has 15 heavy (non-hydrogen) atoms. The van der Waals surface area contributed by atoms with Crippen LogP contribution in [0.3, 0.4) is 0 Å².